The van der Waals surface area contributed by atoms with Crippen LogP contribution < -0.4 is 28.2 Å². The maximum atomic E-state index is 12.6. The molecule has 3 rings (SSSR count). The highest BCUT2D eigenvalue weighted by Crippen LogP contribution is 2.14. The first-order valence-corrected chi connectivity index (χ1v) is 9.11. The van der Waals surface area contributed by atoms with Gasteiger partial charge in [0, 0.05) is 16.4 Å². The first-order chi connectivity index (χ1) is 12.6. The molecular formula is C19H18ClNO6. The van der Waals surface area contributed by atoms with Gasteiger partial charge in [0.25, 0.3) is 0 Å². The van der Waals surface area contributed by atoms with Crippen LogP contribution in [0.2, 0.25) is 0 Å². The van der Waals surface area contributed by atoms with Gasteiger partial charge in [-0.25, -0.2) is 18.6 Å². The summed E-state index contributed by atoms with van der Waals surface area (Å²) in [7, 11) is -4.94. The van der Waals surface area contributed by atoms with Crippen molar-refractivity contribution < 1.29 is 43.2 Å². The quantitative estimate of drug-likeness (QED) is 0.392. The Morgan fingerprint density at radius 3 is 2.00 bits per heavy atom. The summed E-state index contributed by atoms with van der Waals surface area (Å²) in [5.41, 5.74) is -0.303. The molecule has 7 nitrogen and oxygen atoms in total. The average Bonchev–Trinajstić information content (AvgIpc) is 2.60. The Hall–Kier alpha value is -2.55. The predicted molar refractivity (Wildman–Crippen MR) is 85.6 cm³/mol. The minimum Gasteiger partial charge on any atom is -0.289 e. The molecule has 0 aliphatic heterocycles. The smallest absolute Gasteiger partial charge is 0.236 e. The summed E-state index contributed by atoms with van der Waals surface area (Å²) >= 11 is 0. The van der Waals surface area contributed by atoms with E-state index in [1.54, 1.807) is 30.7 Å². The minimum absolute atomic E-state index is 0.0474. The molecule has 0 amide bonds. The van der Waals surface area contributed by atoms with Gasteiger partial charge in [-0.15, -0.1) is 10.2 Å². The molecule has 8 heteroatoms. The van der Waals surface area contributed by atoms with E-state index in [4.69, 9.17) is 23.5 Å². The summed E-state index contributed by atoms with van der Waals surface area (Å²) in [6, 6.07) is 19.2. The number of aromatic nitrogens is 1. The van der Waals surface area contributed by atoms with Crippen molar-refractivity contribution in [2.24, 2.45) is 0 Å². The predicted octanol–water partition coefficient (Wildman–Crippen LogP) is -1.54. The molecule has 27 heavy (non-hydrogen) atoms. The van der Waals surface area contributed by atoms with Crippen molar-refractivity contribution in [1.82, 2.24) is 0 Å². The number of carbonyl (C=O) groups is 1. The minimum atomic E-state index is -4.94. The van der Waals surface area contributed by atoms with Crippen LogP contribution in [0.3, 0.4) is 0 Å². The number of ketones is 1. The van der Waals surface area contributed by atoms with Gasteiger partial charge in [0.2, 0.25) is 23.8 Å². The maximum absolute atomic E-state index is 12.6. The molecular weight excluding hydrogens is 374 g/mol. The number of halogens is 1. The van der Waals surface area contributed by atoms with Gasteiger partial charge in [0.15, 0.2) is 0 Å². The van der Waals surface area contributed by atoms with Gasteiger partial charge < -0.3 is 0 Å². The van der Waals surface area contributed by atoms with E-state index in [9.17, 15) is 4.79 Å². The zero-order valence-electron chi connectivity index (χ0n) is 14.7. The van der Waals surface area contributed by atoms with E-state index in [1.165, 1.54) is 0 Å². The van der Waals surface area contributed by atoms with Crippen LogP contribution in [-0.2, 0) is 0 Å². The molecule has 1 aromatic heterocycles. The third kappa shape index (κ3) is 6.59. The van der Waals surface area contributed by atoms with Gasteiger partial charge in [-0.2, -0.15) is 0 Å². The van der Waals surface area contributed by atoms with Crippen LogP contribution in [0.15, 0.2) is 73.1 Å². The molecule has 0 N–H and O–H groups in total. The molecule has 0 saturated heterocycles. The van der Waals surface area contributed by atoms with E-state index in [0.29, 0.717) is 5.56 Å². The van der Waals surface area contributed by atoms with Gasteiger partial charge in [-0.3, -0.25) is 9.63 Å². The number of Topliss-reactive ketones (excluding diaryl/α,β-unsaturated/α-hetero) is 1. The van der Waals surface area contributed by atoms with Crippen molar-refractivity contribution in [3.8, 4) is 0 Å². The largest absolute Gasteiger partial charge is 0.289 e. The van der Waals surface area contributed by atoms with Crippen LogP contribution in [0.25, 0.3) is 10.8 Å². The van der Waals surface area contributed by atoms with E-state index in [1.807, 2.05) is 60.9 Å². The Bertz CT molecular complexity index is 903. The molecule has 0 unspecified atom stereocenters. The van der Waals surface area contributed by atoms with Crippen molar-refractivity contribution in [1.29, 1.82) is 0 Å². The van der Waals surface area contributed by atoms with Crippen molar-refractivity contribution >= 4 is 16.6 Å². The molecule has 0 saturated carbocycles. The van der Waals surface area contributed by atoms with Gasteiger partial charge in [0.1, 0.15) is 0 Å². The second-order valence-corrected chi connectivity index (χ2v) is 6.86. The van der Waals surface area contributed by atoms with Crippen LogP contribution in [0.5, 0.6) is 0 Å². The van der Waals surface area contributed by atoms with E-state index in [2.05, 4.69) is 0 Å². The molecule has 1 heterocycles. The van der Waals surface area contributed by atoms with E-state index in [0.717, 1.165) is 10.8 Å². The number of hydrogen-bond acceptors (Lipinski definition) is 6. The van der Waals surface area contributed by atoms with Crippen LogP contribution in [0, 0.1) is 10.2 Å². The Labute approximate surface area is 158 Å². The summed E-state index contributed by atoms with van der Waals surface area (Å²) in [5.74, 6) is -0.0474. The maximum Gasteiger partial charge on any atom is 0.236 e. The number of pyridine rings is 1. The fourth-order valence-electron chi connectivity index (χ4n) is 2.41. The highest BCUT2D eigenvalue weighted by atomic mass is 35.7. The lowest BCUT2D eigenvalue weighted by Gasteiger charge is -2.18. The Kier molecular flexibility index (Phi) is 6.48. The monoisotopic (exact) mass is 391 g/mol. The highest BCUT2D eigenvalue weighted by molar-refractivity contribution is 6.01. The zero-order chi connectivity index (χ0) is 20.1. The first kappa shape index (κ1) is 20.8. The second kappa shape index (κ2) is 8.43. The topological polar surface area (TPSA) is 122 Å². The molecule has 0 aliphatic carbocycles. The Balaban J connectivity index is 0.000000465. The second-order valence-electron chi connectivity index (χ2n) is 6.11. The van der Waals surface area contributed by atoms with Crippen LogP contribution in [0.1, 0.15) is 24.2 Å². The third-order valence-electron chi connectivity index (χ3n) is 3.58. The Morgan fingerprint density at radius 1 is 0.889 bits per heavy atom. The van der Waals surface area contributed by atoms with Crippen LogP contribution in [0.4, 0.5) is 0 Å². The van der Waals surface area contributed by atoms with E-state index < -0.39 is 15.8 Å². The molecule has 0 atom stereocenters. The molecule has 0 bridgehead atoms. The average molecular weight is 392 g/mol. The lowest BCUT2D eigenvalue weighted by Crippen LogP contribution is -2.68. The highest BCUT2D eigenvalue weighted by Gasteiger charge is 2.35. The number of hydrogen-bond donors (Lipinski definition) is 0. The normalized spacial score (nSPS) is 11.5. The summed E-state index contributed by atoms with van der Waals surface area (Å²) in [4.78, 5) is 18.5. The summed E-state index contributed by atoms with van der Waals surface area (Å²) in [5, 5.41) is 2.20. The summed E-state index contributed by atoms with van der Waals surface area (Å²) < 4.78 is 35.6. The van der Waals surface area contributed by atoms with Crippen molar-refractivity contribution in [2.75, 3.05) is 0 Å². The molecule has 0 aliphatic rings. The summed E-state index contributed by atoms with van der Waals surface area (Å²) in [6.07, 6.45) is 3.71. The molecule has 0 radical (unpaired) electrons. The lowest BCUT2D eigenvalue weighted by molar-refractivity contribution is -2.00. The number of fused-ring (bicyclic) bond motifs is 1. The van der Waals surface area contributed by atoms with Gasteiger partial charge in [-0.05, 0) is 25.3 Å². The SMILES string of the molecule is CC(C)(O[n+]1ccc2ccccc2c1)C(=O)c1ccccc1.[O-][Cl+3]([O-])([O-])[O-]. The third-order valence-corrected chi connectivity index (χ3v) is 3.58. The number of benzene rings is 2. The molecule has 142 valence electrons. The van der Waals surface area contributed by atoms with Crippen LogP contribution >= 0.6 is 0 Å². The van der Waals surface area contributed by atoms with Crippen molar-refractivity contribution in [3.05, 3.63) is 78.6 Å². The standard InChI is InChI=1S/C19H18NO2.ClHO4/c1-19(2,18(21)16-9-4-3-5-10-16)22-20-13-12-15-8-6-7-11-17(15)14-20;2-1(3,4)5/h3-14H,1-2H3;(H,2,3,4,5)/q+1;/p-1. The number of carbonyl (C=O) groups excluding carboxylic acids is 1. The van der Waals surface area contributed by atoms with E-state index >= 15 is 0 Å². The van der Waals surface area contributed by atoms with E-state index in [-0.39, 0.29) is 5.78 Å². The molecule has 3 aromatic rings. The van der Waals surface area contributed by atoms with Crippen molar-refractivity contribution in [3.63, 3.8) is 0 Å². The molecule has 2 aromatic carbocycles. The molecule has 0 fully saturated rings. The number of rotatable bonds is 4. The lowest BCUT2D eigenvalue weighted by atomic mass is 9.97. The van der Waals surface area contributed by atoms with Crippen molar-refractivity contribution in [2.45, 2.75) is 19.4 Å². The fourth-order valence-corrected chi connectivity index (χ4v) is 2.41. The fraction of sp³-hybridized carbons (Fsp3) is 0.158. The van der Waals surface area contributed by atoms with Crippen LogP contribution in [-0.4, -0.2) is 11.4 Å². The summed E-state index contributed by atoms with van der Waals surface area (Å²) in [6.45, 7) is 3.56. The van der Waals surface area contributed by atoms with Gasteiger partial charge >= 0.3 is 0 Å². The number of nitrogens with zero attached hydrogens (tertiary/aromatic N) is 1. The Morgan fingerprint density at radius 2 is 1.41 bits per heavy atom. The first-order valence-electron chi connectivity index (χ1n) is 7.87. The molecule has 0 spiro atoms. The van der Waals surface area contributed by atoms with Gasteiger partial charge in [0.05, 0.1) is 5.39 Å². The zero-order valence-corrected chi connectivity index (χ0v) is 15.5. The van der Waals surface area contributed by atoms with Gasteiger partial charge in [-0.1, -0.05) is 48.5 Å².